The molecular weight excluding hydrogens is 277 g/mol. The van der Waals surface area contributed by atoms with Crippen LogP contribution in [-0.2, 0) is 21.3 Å². The first-order valence-corrected chi connectivity index (χ1v) is 5.97. The first-order chi connectivity index (χ1) is 8.04. The van der Waals surface area contributed by atoms with Gasteiger partial charge in [0.1, 0.15) is 17.1 Å². The van der Waals surface area contributed by atoms with Gasteiger partial charge < -0.3 is 9.30 Å². The van der Waals surface area contributed by atoms with Crippen molar-refractivity contribution in [3.05, 3.63) is 18.0 Å². The van der Waals surface area contributed by atoms with Crippen molar-refractivity contribution in [1.82, 2.24) is 4.57 Å². The molecule has 1 heterocycles. The number of sulfonamides is 1. The Morgan fingerprint density at radius 1 is 1.50 bits per heavy atom. The van der Waals surface area contributed by atoms with Gasteiger partial charge in [-0.2, -0.15) is 13.2 Å². The molecule has 0 unspecified atom stereocenters. The SMILES string of the molecule is COC(=O)c1cc(S(N)(=O)=O)cn1CC(F)(F)F. The molecule has 0 atom stereocenters. The van der Waals surface area contributed by atoms with Crippen molar-refractivity contribution >= 4 is 16.0 Å². The lowest BCUT2D eigenvalue weighted by atomic mass is 10.4. The second-order valence-corrected chi connectivity index (χ2v) is 4.90. The van der Waals surface area contributed by atoms with Crippen LogP contribution in [0.2, 0.25) is 0 Å². The molecule has 1 rings (SSSR count). The lowest BCUT2D eigenvalue weighted by Crippen LogP contribution is -2.20. The van der Waals surface area contributed by atoms with E-state index in [1.165, 1.54) is 0 Å². The third kappa shape index (κ3) is 3.47. The van der Waals surface area contributed by atoms with Gasteiger partial charge in [0.25, 0.3) is 0 Å². The molecule has 0 spiro atoms. The normalized spacial score (nSPS) is 12.5. The summed E-state index contributed by atoms with van der Waals surface area (Å²) in [5, 5.41) is 4.77. The van der Waals surface area contributed by atoms with Crippen LogP contribution in [0.15, 0.2) is 17.2 Å². The number of primary sulfonamides is 1. The molecule has 0 fully saturated rings. The molecule has 0 radical (unpaired) electrons. The van der Waals surface area contributed by atoms with Gasteiger partial charge in [-0.3, -0.25) is 0 Å². The average molecular weight is 286 g/mol. The summed E-state index contributed by atoms with van der Waals surface area (Å²) in [7, 11) is -3.24. The molecule has 18 heavy (non-hydrogen) atoms. The van der Waals surface area contributed by atoms with Gasteiger partial charge in [-0.25, -0.2) is 18.4 Å². The number of rotatable bonds is 3. The molecule has 2 N–H and O–H groups in total. The summed E-state index contributed by atoms with van der Waals surface area (Å²) < 4.78 is 63.4. The van der Waals surface area contributed by atoms with Crippen molar-refractivity contribution in [2.75, 3.05) is 7.11 Å². The van der Waals surface area contributed by atoms with Crippen LogP contribution in [0.5, 0.6) is 0 Å². The first kappa shape index (κ1) is 14.5. The van der Waals surface area contributed by atoms with Crippen molar-refractivity contribution in [3.63, 3.8) is 0 Å². The predicted molar refractivity (Wildman–Crippen MR) is 53.2 cm³/mol. The summed E-state index contributed by atoms with van der Waals surface area (Å²) >= 11 is 0. The van der Waals surface area contributed by atoms with Crippen LogP contribution in [0.4, 0.5) is 13.2 Å². The van der Waals surface area contributed by atoms with E-state index in [1.54, 1.807) is 0 Å². The molecule has 0 aromatic carbocycles. The summed E-state index contributed by atoms with van der Waals surface area (Å²) in [5.74, 6) is -1.09. The Morgan fingerprint density at radius 3 is 2.44 bits per heavy atom. The number of hydrogen-bond acceptors (Lipinski definition) is 4. The number of alkyl halides is 3. The monoisotopic (exact) mass is 286 g/mol. The van der Waals surface area contributed by atoms with Crippen molar-refractivity contribution in [3.8, 4) is 0 Å². The molecule has 0 aliphatic carbocycles. The number of nitrogens with zero attached hydrogens (tertiary/aromatic N) is 1. The fourth-order valence-corrected chi connectivity index (χ4v) is 1.79. The third-order valence-corrected chi connectivity index (χ3v) is 2.82. The number of hydrogen-bond donors (Lipinski definition) is 1. The van der Waals surface area contributed by atoms with Gasteiger partial charge in [0.05, 0.1) is 7.11 Å². The number of carbonyl (C=O) groups excluding carboxylic acids is 1. The fourth-order valence-electron chi connectivity index (χ4n) is 1.24. The molecule has 102 valence electrons. The number of carbonyl (C=O) groups is 1. The van der Waals surface area contributed by atoms with Gasteiger partial charge in [-0.15, -0.1) is 0 Å². The topological polar surface area (TPSA) is 91.4 Å². The second kappa shape index (κ2) is 4.61. The van der Waals surface area contributed by atoms with Gasteiger partial charge in [0.2, 0.25) is 10.0 Å². The van der Waals surface area contributed by atoms with Crippen LogP contribution in [-0.4, -0.2) is 32.2 Å². The zero-order valence-corrected chi connectivity index (χ0v) is 9.88. The highest BCUT2D eigenvalue weighted by atomic mass is 32.2. The number of nitrogens with two attached hydrogens (primary N) is 1. The molecule has 10 heteroatoms. The number of methoxy groups -OCH3 is 1. The summed E-state index contributed by atoms with van der Waals surface area (Å²) in [6.07, 6.45) is -3.98. The third-order valence-electron chi connectivity index (χ3n) is 1.94. The van der Waals surface area contributed by atoms with Gasteiger partial charge in [0.15, 0.2) is 0 Å². The molecule has 0 aliphatic rings. The van der Waals surface area contributed by atoms with Crippen molar-refractivity contribution < 1.29 is 31.1 Å². The van der Waals surface area contributed by atoms with E-state index < -0.39 is 39.3 Å². The Bertz CT molecular complexity index is 561. The predicted octanol–water partition coefficient (Wildman–Crippen LogP) is 0.484. The summed E-state index contributed by atoms with van der Waals surface area (Å²) in [5.41, 5.74) is -0.543. The lowest BCUT2D eigenvalue weighted by molar-refractivity contribution is -0.140. The average Bonchev–Trinajstić information content (AvgIpc) is 2.57. The zero-order chi connectivity index (χ0) is 14.1. The number of aromatic nitrogens is 1. The summed E-state index contributed by atoms with van der Waals surface area (Å²) in [6.45, 7) is -1.52. The number of ether oxygens (including phenoxy) is 1. The Labute approximate surface area is 100 Å². The highest BCUT2D eigenvalue weighted by Crippen LogP contribution is 2.22. The van der Waals surface area contributed by atoms with E-state index in [4.69, 9.17) is 5.14 Å². The molecule has 0 saturated carbocycles. The highest BCUT2D eigenvalue weighted by Gasteiger charge is 2.31. The molecule has 0 amide bonds. The minimum Gasteiger partial charge on any atom is -0.464 e. The molecule has 0 bridgehead atoms. The van der Waals surface area contributed by atoms with E-state index >= 15 is 0 Å². The van der Waals surface area contributed by atoms with Crippen LogP contribution in [0.25, 0.3) is 0 Å². The summed E-state index contributed by atoms with van der Waals surface area (Å²) in [6, 6.07) is 0.729. The summed E-state index contributed by atoms with van der Waals surface area (Å²) in [4.78, 5) is 10.6. The van der Waals surface area contributed by atoms with E-state index in [9.17, 15) is 26.4 Å². The maximum atomic E-state index is 12.2. The maximum Gasteiger partial charge on any atom is 0.406 e. The van der Waals surface area contributed by atoms with Gasteiger partial charge in [-0.05, 0) is 6.07 Å². The van der Waals surface area contributed by atoms with Gasteiger partial charge >= 0.3 is 12.1 Å². The van der Waals surface area contributed by atoms with Gasteiger partial charge in [0, 0.05) is 6.20 Å². The van der Waals surface area contributed by atoms with E-state index in [0.29, 0.717) is 10.8 Å². The van der Waals surface area contributed by atoms with Crippen LogP contribution in [0, 0.1) is 0 Å². The van der Waals surface area contributed by atoms with Crippen molar-refractivity contribution in [2.24, 2.45) is 5.14 Å². The Kier molecular flexibility index (Phi) is 3.72. The molecule has 0 saturated heterocycles. The number of halogens is 3. The minimum atomic E-state index is -4.61. The van der Waals surface area contributed by atoms with E-state index in [-0.39, 0.29) is 0 Å². The van der Waals surface area contributed by atoms with Crippen LogP contribution >= 0.6 is 0 Å². The minimum absolute atomic E-state index is 0.422. The van der Waals surface area contributed by atoms with E-state index in [2.05, 4.69) is 4.74 Å². The highest BCUT2D eigenvalue weighted by molar-refractivity contribution is 7.89. The molecule has 0 aliphatic heterocycles. The first-order valence-electron chi connectivity index (χ1n) is 4.42. The second-order valence-electron chi connectivity index (χ2n) is 3.34. The van der Waals surface area contributed by atoms with Crippen LogP contribution < -0.4 is 5.14 Å². The Morgan fingerprint density at radius 2 is 2.06 bits per heavy atom. The molecule has 1 aromatic heterocycles. The maximum absolute atomic E-state index is 12.2. The molecule has 6 nitrogen and oxygen atoms in total. The van der Waals surface area contributed by atoms with E-state index in [1.807, 2.05) is 0 Å². The lowest BCUT2D eigenvalue weighted by Gasteiger charge is -2.10. The Hall–Kier alpha value is -1.55. The number of esters is 1. The largest absolute Gasteiger partial charge is 0.464 e. The van der Waals surface area contributed by atoms with Gasteiger partial charge in [-0.1, -0.05) is 0 Å². The fraction of sp³-hybridized carbons (Fsp3) is 0.375. The Balaban J connectivity index is 3.30. The van der Waals surface area contributed by atoms with Crippen LogP contribution in [0.1, 0.15) is 10.5 Å². The quantitative estimate of drug-likeness (QED) is 0.818. The standard InChI is InChI=1S/C8H9F3N2O4S/c1-17-7(14)6-2-5(18(12,15)16)3-13(6)4-8(9,10)11/h2-3H,4H2,1H3,(H2,12,15,16). The van der Waals surface area contributed by atoms with E-state index in [0.717, 1.165) is 13.2 Å². The zero-order valence-electron chi connectivity index (χ0n) is 9.06. The molecular formula is C8H9F3N2O4S. The molecule has 1 aromatic rings. The smallest absolute Gasteiger partial charge is 0.406 e. The van der Waals surface area contributed by atoms with Crippen molar-refractivity contribution in [1.29, 1.82) is 0 Å². The van der Waals surface area contributed by atoms with Crippen molar-refractivity contribution in [2.45, 2.75) is 17.6 Å². The van der Waals surface area contributed by atoms with Crippen LogP contribution in [0.3, 0.4) is 0 Å².